The Labute approximate surface area is 192 Å². The second-order valence-corrected chi connectivity index (χ2v) is 10.6. The zero-order chi connectivity index (χ0) is 25.4. The van der Waals surface area contributed by atoms with Crippen LogP contribution in [0.25, 0.3) is 0 Å². The van der Waals surface area contributed by atoms with Gasteiger partial charge in [0.15, 0.2) is 0 Å². The summed E-state index contributed by atoms with van der Waals surface area (Å²) in [6.45, 7) is 6.06. The molecule has 0 spiro atoms. The fraction of sp³-hybridized carbons (Fsp3) is 0.826. The number of esters is 2. The van der Waals surface area contributed by atoms with Crippen LogP contribution in [0.5, 0.6) is 0 Å². The van der Waals surface area contributed by atoms with Gasteiger partial charge in [-0.3, -0.25) is 4.79 Å². The van der Waals surface area contributed by atoms with Crippen molar-refractivity contribution in [1.29, 1.82) is 0 Å². The standard InChI is InChI=1S/C23H28F6O5/c1-9(2)19(30)34-16-7-12-6-15(16)18-13-4-11(17(12)18)5-14(13)20(31)33-10(3)8-21(32,22(24,25)26)23(27,28)29/h10-18,32H,1,4-8H2,2-3H3. The summed E-state index contributed by atoms with van der Waals surface area (Å²) in [5.41, 5.74) is -4.68. The molecule has 0 aromatic carbocycles. The van der Waals surface area contributed by atoms with E-state index in [9.17, 15) is 41.0 Å². The van der Waals surface area contributed by atoms with E-state index in [0.29, 0.717) is 23.8 Å². The number of halogens is 6. The molecule has 0 heterocycles. The molecule has 4 saturated carbocycles. The quantitative estimate of drug-likeness (QED) is 0.251. The highest BCUT2D eigenvalue weighted by Crippen LogP contribution is 2.69. The van der Waals surface area contributed by atoms with E-state index < -0.39 is 48.3 Å². The third-order valence-electron chi connectivity index (χ3n) is 8.51. The van der Waals surface area contributed by atoms with E-state index in [4.69, 9.17) is 9.47 Å². The Morgan fingerprint density at radius 2 is 1.53 bits per heavy atom. The Bertz CT molecular complexity index is 853. The second-order valence-electron chi connectivity index (χ2n) is 10.6. The first-order valence-electron chi connectivity index (χ1n) is 11.5. The van der Waals surface area contributed by atoms with Crippen LogP contribution in [-0.2, 0) is 19.1 Å². The van der Waals surface area contributed by atoms with Crippen molar-refractivity contribution in [3.8, 4) is 0 Å². The lowest BCUT2D eigenvalue weighted by Crippen LogP contribution is -2.58. The van der Waals surface area contributed by atoms with Crippen LogP contribution < -0.4 is 0 Å². The molecule has 9 unspecified atom stereocenters. The van der Waals surface area contributed by atoms with Crippen LogP contribution in [0.1, 0.15) is 46.0 Å². The minimum Gasteiger partial charge on any atom is -0.462 e. The second kappa shape index (κ2) is 8.13. The summed E-state index contributed by atoms with van der Waals surface area (Å²) < 4.78 is 88.5. The highest BCUT2D eigenvalue weighted by atomic mass is 19.4. The number of rotatable bonds is 6. The molecule has 0 amide bonds. The molecule has 0 aliphatic heterocycles. The molecule has 11 heteroatoms. The molecule has 0 aromatic rings. The first-order valence-corrected chi connectivity index (χ1v) is 11.5. The molecule has 0 aromatic heterocycles. The monoisotopic (exact) mass is 498 g/mol. The van der Waals surface area contributed by atoms with Crippen LogP contribution in [0.3, 0.4) is 0 Å². The van der Waals surface area contributed by atoms with Crippen molar-refractivity contribution < 1.29 is 50.5 Å². The van der Waals surface area contributed by atoms with Gasteiger partial charge in [0, 0.05) is 12.0 Å². The number of carbonyl (C=O) groups is 2. The number of hydrogen-bond donors (Lipinski definition) is 1. The van der Waals surface area contributed by atoms with E-state index >= 15 is 0 Å². The van der Waals surface area contributed by atoms with Crippen molar-refractivity contribution >= 4 is 11.9 Å². The SMILES string of the molecule is C=C(C)C(=O)OC1CC2CC1C1C3CC(CC3C(=O)OC(C)CC(O)(C(F)(F)F)C(F)(F)F)C21. The highest BCUT2D eigenvalue weighted by Gasteiger charge is 2.71. The average molecular weight is 498 g/mol. The number of alkyl halides is 6. The molecule has 4 aliphatic carbocycles. The summed E-state index contributed by atoms with van der Waals surface area (Å²) in [5, 5.41) is 9.38. The summed E-state index contributed by atoms with van der Waals surface area (Å²) in [6, 6.07) is 0. The number of hydrogen-bond acceptors (Lipinski definition) is 5. The Morgan fingerprint density at radius 3 is 2.09 bits per heavy atom. The first-order chi connectivity index (χ1) is 15.5. The normalized spacial score (nSPS) is 37.4. The van der Waals surface area contributed by atoms with Gasteiger partial charge in [-0.25, -0.2) is 4.79 Å². The molecule has 5 nitrogen and oxygen atoms in total. The van der Waals surface area contributed by atoms with E-state index in [0.717, 1.165) is 26.2 Å². The lowest BCUT2D eigenvalue weighted by Gasteiger charge is -2.41. The maximum atomic E-state index is 13.0. The number of carbonyl (C=O) groups excluding carboxylic acids is 2. The van der Waals surface area contributed by atoms with E-state index in [2.05, 4.69) is 6.58 Å². The molecule has 34 heavy (non-hydrogen) atoms. The van der Waals surface area contributed by atoms with Crippen LogP contribution in [-0.4, -0.2) is 47.2 Å². The summed E-state index contributed by atoms with van der Waals surface area (Å²) >= 11 is 0. The van der Waals surface area contributed by atoms with Crippen molar-refractivity contribution in [2.45, 2.75) is 76.1 Å². The molecule has 4 rings (SSSR count). The van der Waals surface area contributed by atoms with Gasteiger partial charge >= 0.3 is 24.3 Å². The third kappa shape index (κ3) is 3.91. The molecule has 4 fully saturated rings. The smallest absolute Gasteiger partial charge is 0.426 e. The lowest BCUT2D eigenvalue weighted by molar-refractivity contribution is -0.373. The topological polar surface area (TPSA) is 72.8 Å². The largest absolute Gasteiger partial charge is 0.462 e. The van der Waals surface area contributed by atoms with Gasteiger partial charge in [-0.1, -0.05) is 6.58 Å². The minimum atomic E-state index is -5.97. The lowest BCUT2D eigenvalue weighted by atomic mass is 9.66. The Kier molecular flexibility index (Phi) is 6.05. The van der Waals surface area contributed by atoms with Crippen molar-refractivity contribution in [2.24, 2.45) is 41.4 Å². The predicted octanol–water partition coefficient (Wildman–Crippen LogP) is 4.58. The van der Waals surface area contributed by atoms with Gasteiger partial charge in [-0.05, 0) is 75.0 Å². The Balaban J connectivity index is 1.41. The van der Waals surface area contributed by atoms with Gasteiger partial charge in [0.2, 0.25) is 0 Å². The number of aliphatic hydroxyl groups is 1. The predicted molar refractivity (Wildman–Crippen MR) is 105 cm³/mol. The number of fused-ring (bicyclic) bond motifs is 9. The first kappa shape index (κ1) is 25.3. The van der Waals surface area contributed by atoms with E-state index in [-0.39, 0.29) is 29.8 Å². The highest BCUT2D eigenvalue weighted by molar-refractivity contribution is 5.87. The van der Waals surface area contributed by atoms with Crippen molar-refractivity contribution in [3.63, 3.8) is 0 Å². The molecule has 9 atom stereocenters. The van der Waals surface area contributed by atoms with E-state index in [1.54, 1.807) is 6.92 Å². The molecular formula is C23H28F6O5. The fourth-order valence-corrected chi connectivity index (χ4v) is 7.32. The molecule has 192 valence electrons. The molecule has 1 N–H and O–H groups in total. The summed E-state index contributed by atoms with van der Waals surface area (Å²) in [7, 11) is 0. The maximum absolute atomic E-state index is 13.0. The van der Waals surface area contributed by atoms with Crippen molar-refractivity contribution in [3.05, 3.63) is 12.2 Å². The van der Waals surface area contributed by atoms with Gasteiger partial charge < -0.3 is 14.6 Å². The molecule has 4 bridgehead atoms. The Morgan fingerprint density at radius 1 is 0.971 bits per heavy atom. The summed E-state index contributed by atoms with van der Waals surface area (Å²) in [6.07, 6.45) is -13.0. The average Bonchev–Trinajstić information content (AvgIpc) is 3.44. The van der Waals surface area contributed by atoms with E-state index in [1.807, 2.05) is 0 Å². The van der Waals surface area contributed by atoms with Gasteiger partial charge in [0.05, 0.1) is 5.92 Å². The zero-order valence-corrected chi connectivity index (χ0v) is 18.8. The van der Waals surface area contributed by atoms with Gasteiger partial charge in [-0.2, -0.15) is 26.3 Å². The van der Waals surface area contributed by atoms with Crippen LogP contribution in [0, 0.1) is 41.4 Å². The fourth-order valence-electron chi connectivity index (χ4n) is 7.32. The van der Waals surface area contributed by atoms with Gasteiger partial charge in [-0.15, -0.1) is 0 Å². The van der Waals surface area contributed by atoms with Crippen molar-refractivity contribution in [1.82, 2.24) is 0 Å². The molecule has 0 saturated heterocycles. The zero-order valence-electron chi connectivity index (χ0n) is 18.8. The Hall–Kier alpha value is -1.78. The third-order valence-corrected chi connectivity index (χ3v) is 8.51. The van der Waals surface area contributed by atoms with Gasteiger partial charge in [0.1, 0.15) is 12.2 Å². The molecule has 0 radical (unpaired) electrons. The summed E-state index contributed by atoms with van der Waals surface area (Å²) in [5.74, 6) is -0.868. The molecule has 4 aliphatic rings. The van der Waals surface area contributed by atoms with Gasteiger partial charge in [0.25, 0.3) is 5.60 Å². The van der Waals surface area contributed by atoms with Crippen LogP contribution in [0.15, 0.2) is 12.2 Å². The number of ether oxygens (including phenoxy) is 2. The van der Waals surface area contributed by atoms with Crippen molar-refractivity contribution in [2.75, 3.05) is 0 Å². The summed E-state index contributed by atoms with van der Waals surface area (Å²) in [4.78, 5) is 24.8. The van der Waals surface area contributed by atoms with Crippen LogP contribution in [0.4, 0.5) is 26.3 Å². The maximum Gasteiger partial charge on any atom is 0.426 e. The molecular weight excluding hydrogens is 470 g/mol. The van der Waals surface area contributed by atoms with Crippen LogP contribution in [0.2, 0.25) is 0 Å². The minimum absolute atomic E-state index is 0.0712. The van der Waals surface area contributed by atoms with E-state index in [1.165, 1.54) is 0 Å². The van der Waals surface area contributed by atoms with Crippen LogP contribution >= 0.6 is 0 Å².